The molecule has 1 heterocycles. The van der Waals surface area contributed by atoms with Crippen LogP contribution in [0.2, 0.25) is 0 Å². The van der Waals surface area contributed by atoms with Gasteiger partial charge < -0.3 is 0 Å². The number of fused-ring (bicyclic) bond motifs is 1. The highest BCUT2D eigenvalue weighted by Gasteiger charge is 2.04. The topological polar surface area (TPSA) is 12.9 Å². The minimum absolute atomic E-state index is 0. The van der Waals surface area contributed by atoms with Crippen LogP contribution in [0.5, 0.6) is 0 Å². The van der Waals surface area contributed by atoms with E-state index in [-0.39, 0.29) is 14.9 Å². The van der Waals surface area contributed by atoms with Crippen molar-refractivity contribution in [1.29, 1.82) is 0 Å². The molecule has 0 saturated carbocycles. The van der Waals surface area contributed by atoms with Crippen molar-refractivity contribution in [3.05, 3.63) is 78.0 Å². The maximum atomic E-state index is 4.40. The molecule has 1 nitrogen and oxygen atoms in total. The van der Waals surface area contributed by atoms with Crippen LogP contribution in [0.4, 0.5) is 0 Å². The van der Waals surface area contributed by atoms with Crippen molar-refractivity contribution < 1.29 is 0 Å². The molecular formula is C31H57N. The quantitative estimate of drug-likeness (QED) is 0.383. The van der Waals surface area contributed by atoms with E-state index in [1.165, 1.54) is 16.5 Å². The number of hydrogen-bond acceptors (Lipinski definition) is 1. The van der Waals surface area contributed by atoms with E-state index in [0.29, 0.717) is 11.8 Å². The Morgan fingerprint density at radius 1 is 0.531 bits per heavy atom. The van der Waals surface area contributed by atoms with E-state index in [1.54, 1.807) is 0 Å². The first-order chi connectivity index (χ1) is 14.6. The van der Waals surface area contributed by atoms with Gasteiger partial charge in [0.15, 0.2) is 0 Å². The largest absolute Gasteiger partial charge is 0.256 e. The van der Waals surface area contributed by atoms with Crippen molar-refractivity contribution in [2.45, 2.75) is 110 Å². The number of hydrogen-bond donors (Lipinski definition) is 0. The Labute approximate surface area is 203 Å². The van der Waals surface area contributed by atoms with Gasteiger partial charge in [-0.2, -0.15) is 0 Å². The Morgan fingerprint density at radius 3 is 1.41 bits per heavy atom. The van der Waals surface area contributed by atoms with Gasteiger partial charge in [0.05, 0.1) is 5.52 Å². The lowest BCUT2D eigenvalue weighted by atomic mass is 10.00. The molecule has 3 aromatic rings. The van der Waals surface area contributed by atoms with Crippen LogP contribution in [-0.4, -0.2) is 4.98 Å². The van der Waals surface area contributed by atoms with Gasteiger partial charge in [-0.15, -0.1) is 0 Å². The molecular weight excluding hydrogens is 386 g/mol. The molecule has 0 N–H and O–H groups in total. The Balaban J connectivity index is -0.000000114. The van der Waals surface area contributed by atoms with Crippen LogP contribution in [0.3, 0.4) is 0 Å². The minimum atomic E-state index is 0. The third-order valence-corrected chi connectivity index (χ3v) is 3.75. The summed E-state index contributed by atoms with van der Waals surface area (Å²) in [5, 5.41) is 1.23. The second-order valence-electron chi connectivity index (χ2n) is 6.14. The summed E-state index contributed by atoms with van der Waals surface area (Å²) in [6, 6.07) is 21.0. The normalized spacial score (nSPS) is 8.06. The van der Waals surface area contributed by atoms with E-state index >= 15 is 0 Å². The van der Waals surface area contributed by atoms with Gasteiger partial charge in [0.25, 0.3) is 0 Å². The Bertz CT molecular complexity index is 694. The zero-order chi connectivity index (χ0) is 23.9. The van der Waals surface area contributed by atoms with Crippen LogP contribution in [0.25, 0.3) is 10.9 Å². The lowest BCUT2D eigenvalue weighted by Crippen LogP contribution is -1.90. The van der Waals surface area contributed by atoms with Crippen LogP contribution in [0, 0.1) is 0 Å². The Morgan fingerprint density at radius 2 is 1.00 bits per heavy atom. The van der Waals surface area contributed by atoms with Gasteiger partial charge in [0, 0.05) is 11.6 Å². The van der Waals surface area contributed by atoms with E-state index in [9.17, 15) is 0 Å². The number of nitrogens with zero attached hydrogens (tertiary/aromatic N) is 1. The van der Waals surface area contributed by atoms with E-state index in [4.69, 9.17) is 0 Å². The molecule has 32 heavy (non-hydrogen) atoms. The molecule has 0 aliphatic heterocycles. The van der Waals surface area contributed by atoms with Crippen molar-refractivity contribution in [1.82, 2.24) is 4.98 Å². The molecule has 0 spiro atoms. The molecule has 0 radical (unpaired) electrons. The van der Waals surface area contributed by atoms with Gasteiger partial charge in [0.2, 0.25) is 0 Å². The molecule has 0 aliphatic rings. The predicted octanol–water partition coefficient (Wildman–Crippen LogP) is 11.5. The van der Waals surface area contributed by atoms with E-state index in [0.717, 1.165) is 5.52 Å². The van der Waals surface area contributed by atoms with Gasteiger partial charge >= 0.3 is 0 Å². The highest BCUT2D eigenvalue weighted by atomic mass is 14.6. The average molecular weight is 444 g/mol. The highest BCUT2D eigenvalue weighted by molar-refractivity contribution is 5.81. The van der Waals surface area contributed by atoms with Crippen LogP contribution in [0.15, 0.2) is 66.9 Å². The molecule has 0 fully saturated rings. The SMILES string of the molecule is C.C.CC.CC.CC.CC.CC(C)c1cccc2cccnc12.CC(C)c1ccccc1. The second-order valence-corrected chi connectivity index (χ2v) is 6.14. The number of para-hydroxylation sites is 1. The van der Waals surface area contributed by atoms with Gasteiger partial charge in [-0.25, -0.2) is 0 Å². The van der Waals surface area contributed by atoms with Crippen LogP contribution >= 0.6 is 0 Å². The summed E-state index contributed by atoms with van der Waals surface area (Å²) in [5.74, 6) is 1.20. The first-order valence-electron chi connectivity index (χ1n) is 12.0. The molecule has 0 amide bonds. The fourth-order valence-corrected chi connectivity index (χ4v) is 2.43. The third kappa shape index (κ3) is 16.5. The van der Waals surface area contributed by atoms with Gasteiger partial charge in [0.1, 0.15) is 0 Å². The molecule has 1 aromatic heterocycles. The summed E-state index contributed by atoms with van der Waals surface area (Å²) in [6.45, 7) is 24.8. The molecule has 186 valence electrons. The molecule has 0 unspecified atom stereocenters. The lowest BCUT2D eigenvalue weighted by molar-refractivity contribution is 0.867. The van der Waals surface area contributed by atoms with Crippen LogP contribution in [0.1, 0.15) is 121 Å². The summed E-state index contributed by atoms with van der Waals surface area (Å²) >= 11 is 0. The van der Waals surface area contributed by atoms with Crippen molar-refractivity contribution >= 4 is 10.9 Å². The van der Waals surface area contributed by atoms with E-state index < -0.39 is 0 Å². The number of pyridine rings is 1. The van der Waals surface area contributed by atoms with E-state index in [1.807, 2.05) is 73.7 Å². The monoisotopic (exact) mass is 443 g/mol. The average Bonchev–Trinajstić information content (AvgIpc) is 2.84. The van der Waals surface area contributed by atoms with Gasteiger partial charge in [-0.1, -0.05) is 153 Å². The lowest BCUT2D eigenvalue weighted by Gasteiger charge is -2.07. The molecule has 3 rings (SSSR count). The molecule has 2 aromatic carbocycles. The summed E-state index contributed by atoms with van der Waals surface area (Å²) < 4.78 is 0. The number of aromatic nitrogens is 1. The van der Waals surface area contributed by atoms with Gasteiger partial charge in [-0.3, -0.25) is 4.98 Å². The van der Waals surface area contributed by atoms with Crippen molar-refractivity contribution in [3.63, 3.8) is 0 Å². The summed E-state index contributed by atoms with van der Waals surface area (Å²) in [7, 11) is 0. The fourth-order valence-electron chi connectivity index (χ4n) is 2.43. The molecule has 0 atom stereocenters. The van der Waals surface area contributed by atoms with Crippen LogP contribution in [-0.2, 0) is 0 Å². The summed E-state index contributed by atoms with van der Waals surface area (Å²) in [4.78, 5) is 4.40. The van der Waals surface area contributed by atoms with Crippen LogP contribution < -0.4 is 0 Å². The number of rotatable bonds is 2. The zero-order valence-electron chi connectivity index (χ0n) is 22.0. The first kappa shape index (κ1) is 40.2. The zero-order valence-corrected chi connectivity index (χ0v) is 22.0. The first-order valence-corrected chi connectivity index (χ1v) is 12.0. The standard InChI is InChI=1S/C12H13N.C9H12.4C2H6.2CH4/c1-9(2)11-7-3-5-10-6-4-8-13-12(10)11;1-8(2)9-6-4-3-5-7-9;4*1-2;;/h3-9H,1-2H3;3-8H,1-2H3;4*1-2H3;2*1H4. The Hall–Kier alpha value is -2.15. The van der Waals surface area contributed by atoms with Crippen molar-refractivity contribution in [2.24, 2.45) is 0 Å². The number of benzene rings is 2. The molecule has 1 heteroatoms. The second kappa shape index (κ2) is 28.9. The summed E-state index contributed by atoms with van der Waals surface area (Å²) in [6.07, 6.45) is 1.86. The minimum Gasteiger partial charge on any atom is -0.256 e. The maximum Gasteiger partial charge on any atom is 0.0736 e. The van der Waals surface area contributed by atoms with Crippen molar-refractivity contribution in [2.75, 3.05) is 0 Å². The predicted molar refractivity (Wildman–Crippen MR) is 155 cm³/mol. The molecule has 0 saturated heterocycles. The Kier molecular flexibility index (Phi) is 36.3. The van der Waals surface area contributed by atoms with Crippen molar-refractivity contribution in [3.8, 4) is 0 Å². The third-order valence-electron chi connectivity index (χ3n) is 3.75. The van der Waals surface area contributed by atoms with E-state index in [2.05, 4.69) is 81.2 Å². The fraction of sp³-hybridized carbons (Fsp3) is 0.516. The smallest absolute Gasteiger partial charge is 0.0736 e. The maximum absolute atomic E-state index is 4.40. The molecule has 0 aliphatic carbocycles. The molecule has 0 bridgehead atoms. The summed E-state index contributed by atoms with van der Waals surface area (Å²) in [5.41, 5.74) is 3.88. The van der Waals surface area contributed by atoms with Gasteiger partial charge in [-0.05, 0) is 29.0 Å². The highest BCUT2D eigenvalue weighted by Crippen LogP contribution is 2.22.